The molecule has 0 saturated carbocycles. The summed E-state index contributed by atoms with van der Waals surface area (Å²) in [7, 11) is 1.16. The van der Waals surface area contributed by atoms with Gasteiger partial charge >= 0.3 is 0 Å². The van der Waals surface area contributed by atoms with Crippen molar-refractivity contribution in [2.45, 2.75) is 63.0 Å². The van der Waals surface area contributed by atoms with Crippen molar-refractivity contribution >= 4 is 25.0 Å². The molecule has 0 radical (unpaired) electrons. The van der Waals surface area contributed by atoms with Crippen LogP contribution in [-0.2, 0) is 42.9 Å². The number of hydrogen-bond donors (Lipinski definition) is 3. The van der Waals surface area contributed by atoms with Crippen molar-refractivity contribution in [1.82, 2.24) is 5.32 Å². The quantitative estimate of drug-likeness (QED) is 0.227. The number of carbonyl (C=O) groups excluding carboxylic acids is 4. The Morgan fingerprint density at radius 1 is 1.29 bits per heavy atom. The maximum Gasteiger partial charge on any atom is 0.295 e. The standard InChI is InChI=1S/C16H25NO11/c1-8-13(17-9(2)22)15(14(23)10(4-18)26-8)27-12(6-20)28-16(25-7-21)11(5-19)24-3/h5-8,10-16,18,23H,4H2,1-3H3,(H,17,22)/t8-,10?,11?,12+,13+,14+,15?,16?/m0/s1. The van der Waals surface area contributed by atoms with Gasteiger partial charge in [0.1, 0.15) is 18.3 Å². The van der Waals surface area contributed by atoms with Crippen molar-refractivity contribution < 1.29 is 53.1 Å². The second kappa shape index (κ2) is 11.8. The molecule has 1 heterocycles. The summed E-state index contributed by atoms with van der Waals surface area (Å²) in [6.45, 7) is 2.27. The van der Waals surface area contributed by atoms with Crippen LogP contribution in [0.2, 0.25) is 0 Å². The van der Waals surface area contributed by atoms with E-state index in [4.69, 9.17) is 18.9 Å². The highest BCUT2D eigenvalue weighted by Crippen LogP contribution is 2.25. The fourth-order valence-electron chi connectivity index (χ4n) is 2.74. The van der Waals surface area contributed by atoms with Crippen molar-refractivity contribution in [1.29, 1.82) is 0 Å². The van der Waals surface area contributed by atoms with E-state index in [0.29, 0.717) is 6.29 Å². The Labute approximate surface area is 161 Å². The fraction of sp³-hybridized carbons (Fsp3) is 0.750. The molecule has 1 aliphatic heterocycles. The third kappa shape index (κ3) is 6.29. The highest BCUT2D eigenvalue weighted by Gasteiger charge is 2.46. The van der Waals surface area contributed by atoms with Crippen molar-refractivity contribution in [3.8, 4) is 0 Å². The molecule has 1 fully saturated rings. The molecule has 1 rings (SSSR count). The first-order valence-electron chi connectivity index (χ1n) is 8.37. The summed E-state index contributed by atoms with van der Waals surface area (Å²) in [5.41, 5.74) is 0. The zero-order chi connectivity index (χ0) is 21.3. The minimum absolute atomic E-state index is 0.00464. The average molecular weight is 407 g/mol. The van der Waals surface area contributed by atoms with E-state index in [2.05, 4.69) is 10.1 Å². The Morgan fingerprint density at radius 3 is 2.43 bits per heavy atom. The molecule has 0 aliphatic carbocycles. The minimum Gasteiger partial charge on any atom is -0.434 e. The number of ether oxygens (including phenoxy) is 5. The van der Waals surface area contributed by atoms with Crippen molar-refractivity contribution in [3.05, 3.63) is 0 Å². The molecule has 8 atom stereocenters. The summed E-state index contributed by atoms with van der Waals surface area (Å²) in [6.07, 6.45) is -8.54. The van der Waals surface area contributed by atoms with Gasteiger partial charge in [0.2, 0.25) is 18.5 Å². The molecule has 28 heavy (non-hydrogen) atoms. The maximum absolute atomic E-state index is 11.5. The van der Waals surface area contributed by atoms with Gasteiger partial charge in [-0.1, -0.05) is 0 Å². The van der Waals surface area contributed by atoms with Crippen LogP contribution in [0.4, 0.5) is 0 Å². The molecule has 1 amide bonds. The molecule has 0 bridgehead atoms. The van der Waals surface area contributed by atoms with E-state index in [-0.39, 0.29) is 12.8 Å². The predicted octanol–water partition coefficient (Wildman–Crippen LogP) is -2.73. The van der Waals surface area contributed by atoms with E-state index in [9.17, 15) is 29.4 Å². The molecule has 0 spiro atoms. The molecule has 160 valence electrons. The topological polar surface area (TPSA) is 167 Å². The zero-order valence-electron chi connectivity index (χ0n) is 15.6. The van der Waals surface area contributed by atoms with Gasteiger partial charge in [0.05, 0.1) is 18.8 Å². The monoisotopic (exact) mass is 407 g/mol. The summed E-state index contributed by atoms with van der Waals surface area (Å²) in [5.74, 6) is -0.449. The van der Waals surface area contributed by atoms with Gasteiger partial charge in [0.25, 0.3) is 6.47 Å². The lowest BCUT2D eigenvalue weighted by atomic mass is 9.93. The molecular formula is C16H25NO11. The van der Waals surface area contributed by atoms with E-state index < -0.39 is 61.7 Å². The lowest BCUT2D eigenvalue weighted by Crippen LogP contribution is -2.64. The summed E-state index contributed by atoms with van der Waals surface area (Å²) < 4.78 is 25.5. The van der Waals surface area contributed by atoms with Crippen molar-refractivity contribution in [2.75, 3.05) is 13.7 Å². The molecule has 12 heteroatoms. The third-order valence-corrected chi connectivity index (χ3v) is 4.05. The average Bonchev–Trinajstić information content (AvgIpc) is 2.66. The molecular weight excluding hydrogens is 382 g/mol. The first-order chi connectivity index (χ1) is 13.3. The Kier molecular flexibility index (Phi) is 10.1. The van der Waals surface area contributed by atoms with Crippen LogP contribution in [0.5, 0.6) is 0 Å². The second-order valence-corrected chi connectivity index (χ2v) is 5.96. The lowest BCUT2D eigenvalue weighted by molar-refractivity contribution is -0.283. The third-order valence-electron chi connectivity index (χ3n) is 4.05. The normalized spacial score (nSPS) is 30.5. The number of aldehydes is 2. The number of aliphatic hydroxyl groups is 2. The van der Waals surface area contributed by atoms with Gasteiger partial charge in [-0.25, -0.2) is 0 Å². The van der Waals surface area contributed by atoms with Gasteiger partial charge in [-0.15, -0.1) is 0 Å². The van der Waals surface area contributed by atoms with E-state index >= 15 is 0 Å². The first kappa shape index (κ1) is 24.1. The second-order valence-electron chi connectivity index (χ2n) is 5.96. The summed E-state index contributed by atoms with van der Waals surface area (Å²) in [5, 5.41) is 22.3. The molecule has 4 unspecified atom stereocenters. The van der Waals surface area contributed by atoms with Crippen LogP contribution < -0.4 is 5.32 Å². The Morgan fingerprint density at radius 2 is 1.96 bits per heavy atom. The van der Waals surface area contributed by atoms with E-state index in [1.54, 1.807) is 6.92 Å². The SMILES string of the molecule is COC(C=O)C(OC=O)O[C@H](C=O)OC1[C@H](O)C(CO)O[C@@H](C)[C@H]1NC(C)=O. The van der Waals surface area contributed by atoms with Crippen LogP contribution >= 0.6 is 0 Å². The van der Waals surface area contributed by atoms with Crippen LogP contribution in [0.15, 0.2) is 0 Å². The number of rotatable bonds is 12. The number of hydrogen-bond acceptors (Lipinski definition) is 11. The number of carbonyl (C=O) groups is 4. The van der Waals surface area contributed by atoms with Gasteiger partial charge in [-0.2, -0.15) is 0 Å². The zero-order valence-corrected chi connectivity index (χ0v) is 15.6. The molecule has 1 aliphatic rings. The van der Waals surface area contributed by atoms with Gasteiger partial charge in [-0.05, 0) is 6.92 Å². The summed E-state index contributed by atoms with van der Waals surface area (Å²) >= 11 is 0. The number of amides is 1. The van der Waals surface area contributed by atoms with Crippen molar-refractivity contribution in [3.63, 3.8) is 0 Å². The lowest BCUT2D eigenvalue weighted by Gasteiger charge is -2.44. The molecule has 1 saturated heterocycles. The molecule has 0 aromatic rings. The first-order valence-corrected chi connectivity index (χ1v) is 8.37. The molecule has 12 nitrogen and oxygen atoms in total. The van der Waals surface area contributed by atoms with E-state index in [0.717, 1.165) is 7.11 Å². The Balaban J connectivity index is 3.02. The van der Waals surface area contributed by atoms with Gasteiger partial charge < -0.3 is 44.0 Å². The summed E-state index contributed by atoms with van der Waals surface area (Å²) in [6, 6.07) is -0.893. The van der Waals surface area contributed by atoms with Crippen LogP contribution in [-0.4, -0.2) is 98.0 Å². The molecule has 0 aromatic carbocycles. The highest BCUT2D eigenvalue weighted by molar-refractivity contribution is 5.73. The highest BCUT2D eigenvalue weighted by atomic mass is 16.8. The molecule has 3 N–H and O–H groups in total. The van der Waals surface area contributed by atoms with Crippen LogP contribution in [0.3, 0.4) is 0 Å². The van der Waals surface area contributed by atoms with Gasteiger partial charge in [0.15, 0.2) is 18.7 Å². The number of nitrogens with one attached hydrogen (secondary N) is 1. The van der Waals surface area contributed by atoms with E-state index in [1.807, 2.05) is 0 Å². The van der Waals surface area contributed by atoms with Crippen molar-refractivity contribution in [2.24, 2.45) is 0 Å². The fourth-order valence-corrected chi connectivity index (χ4v) is 2.74. The molecule has 0 aromatic heterocycles. The minimum atomic E-state index is -1.71. The maximum atomic E-state index is 11.5. The van der Waals surface area contributed by atoms with Gasteiger partial charge in [0, 0.05) is 14.0 Å². The van der Waals surface area contributed by atoms with E-state index in [1.165, 1.54) is 6.92 Å². The summed E-state index contributed by atoms with van der Waals surface area (Å²) in [4.78, 5) is 44.5. The largest absolute Gasteiger partial charge is 0.434 e. The Hall–Kier alpha value is -1.96. The van der Waals surface area contributed by atoms with Crippen LogP contribution in [0.25, 0.3) is 0 Å². The Bertz CT molecular complexity index is 531. The predicted molar refractivity (Wildman–Crippen MR) is 88.6 cm³/mol. The van der Waals surface area contributed by atoms with Gasteiger partial charge in [-0.3, -0.25) is 14.4 Å². The van der Waals surface area contributed by atoms with Crippen LogP contribution in [0.1, 0.15) is 13.8 Å². The smallest absolute Gasteiger partial charge is 0.295 e. The number of aliphatic hydroxyl groups excluding tert-OH is 2. The number of methoxy groups -OCH3 is 1. The van der Waals surface area contributed by atoms with Crippen LogP contribution in [0, 0.1) is 0 Å².